The Morgan fingerprint density at radius 1 is 0.938 bits per heavy atom. The summed E-state index contributed by atoms with van der Waals surface area (Å²) in [7, 11) is 0. The number of rotatable bonds is 1. The molecule has 3 heteroatoms. The molecule has 0 N–H and O–H groups in total. The third-order valence-electron chi connectivity index (χ3n) is 3.14. The van der Waals surface area contributed by atoms with Gasteiger partial charge in [-0.25, -0.2) is 0 Å². The first-order chi connectivity index (χ1) is 7.86. The molecular weight excluding hydrogens is 200 g/mol. The first-order valence-electron chi connectivity index (χ1n) is 5.72. The Kier molecular flexibility index (Phi) is 2.17. The van der Waals surface area contributed by atoms with Crippen LogP contribution in [0, 0.1) is 0 Å². The zero-order valence-electron chi connectivity index (χ0n) is 9.10. The van der Waals surface area contributed by atoms with E-state index in [9.17, 15) is 4.79 Å². The van der Waals surface area contributed by atoms with Crippen molar-refractivity contribution in [3.05, 3.63) is 46.8 Å². The van der Waals surface area contributed by atoms with E-state index in [4.69, 9.17) is 0 Å². The summed E-state index contributed by atoms with van der Waals surface area (Å²) in [4.78, 5) is 11.8. The van der Waals surface area contributed by atoms with Gasteiger partial charge in [0.15, 0.2) is 0 Å². The lowest BCUT2D eigenvalue weighted by Gasteiger charge is -2.19. The second-order valence-electron chi connectivity index (χ2n) is 4.19. The van der Waals surface area contributed by atoms with Crippen LogP contribution >= 0.6 is 0 Å². The lowest BCUT2D eigenvalue weighted by atomic mass is 10.1. The zero-order chi connectivity index (χ0) is 11.0. The summed E-state index contributed by atoms with van der Waals surface area (Å²) in [5.41, 5.74) is 2.30. The van der Waals surface area contributed by atoms with E-state index in [1.807, 2.05) is 22.9 Å². The van der Waals surface area contributed by atoms with E-state index in [0.29, 0.717) is 0 Å². The minimum absolute atomic E-state index is 0.124. The van der Waals surface area contributed by atoms with E-state index in [-0.39, 0.29) is 5.56 Å². The monoisotopic (exact) mass is 214 g/mol. The van der Waals surface area contributed by atoms with Crippen molar-refractivity contribution in [2.45, 2.75) is 25.9 Å². The second-order valence-corrected chi connectivity index (χ2v) is 4.19. The summed E-state index contributed by atoms with van der Waals surface area (Å²) in [5, 5.41) is 0. The lowest BCUT2D eigenvalue weighted by Crippen LogP contribution is -2.27. The number of nitrogens with zero attached hydrogens (tertiary/aromatic N) is 2. The van der Waals surface area contributed by atoms with Gasteiger partial charge >= 0.3 is 0 Å². The second kappa shape index (κ2) is 3.67. The molecular formula is C13H14N2O. The molecule has 1 aromatic carbocycles. The Labute approximate surface area is 93.9 Å². The van der Waals surface area contributed by atoms with E-state index >= 15 is 0 Å². The Morgan fingerprint density at radius 3 is 2.38 bits per heavy atom. The molecule has 82 valence electrons. The average Bonchev–Trinajstić information content (AvgIpc) is 2.69. The van der Waals surface area contributed by atoms with E-state index in [1.165, 1.54) is 0 Å². The first kappa shape index (κ1) is 9.46. The van der Waals surface area contributed by atoms with Gasteiger partial charge in [0, 0.05) is 19.2 Å². The van der Waals surface area contributed by atoms with Crippen molar-refractivity contribution in [2.24, 2.45) is 0 Å². The van der Waals surface area contributed by atoms with Crippen LogP contribution in [-0.4, -0.2) is 9.36 Å². The standard InChI is InChI=1S/C13H14N2O/c16-13-10-12(11-6-2-1-3-7-11)14-8-4-5-9-15(13)14/h1-3,6-7,10H,4-5,8-9H2. The molecule has 1 aliphatic heterocycles. The van der Waals surface area contributed by atoms with E-state index in [0.717, 1.165) is 37.2 Å². The van der Waals surface area contributed by atoms with Gasteiger partial charge in [-0.05, 0) is 18.4 Å². The van der Waals surface area contributed by atoms with Crippen molar-refractivity contribution in [1.29, 1.82) is 0 Å². The van der Waals surface area contributed by atoms with Crippen LogP contribution < -0.4 is 5.56 Å². The van der Waals surface area contributed by atoms with Gasteiger partial charge in [-0.3, -0.25) is 14.2 Å². The molecule has 0 saturated carbocycles. The fraction of sp³-hybridized carbons (Fsp3) is 0.308. The van der Waals surface area contributed by atoms with Crippen LogP contribution in [0.2, 0.25) is 0 Å². The van der Waals surface area contributed by atoms with Gasteiger partial charge in [0.1, 0.15) is 0 Å². The predicted molar refractivity (Wildman–Crippen MR) is 63.4 cm³/mol. The summed E-state index contributed by atoms with van der Waals surface area (Å²) in [6, 6.07) is 11.9. The first-order valence-corrected chi connectivity index (χ1v) is 5.72. The third kappa shape index (κ3) is 1.40. The Morgan fingerprint density at radius 2 is 1.62 bits per heavy atom. The largest absolute Gasteiger partial charge is 0.282 e. The molecule has 0 atom stereocenters. The van der Waals surface area contributed by atoms with Crippen molar-refractivity contribution in [3.63, 3.8) is 0 Å². The van der Waals surface area contributed by atoms with Gasteiger partial charge in [-0.15, -0.1) is 0 Å². The summed E-state index contributed by atoms with van der Waals surface area (Å²) in [6.07, 6.45) is 2.27. The maximum Gasteiger partial charge on any atom is 0.267 e. The Hall–Kier alpha value is -1.77. The Balaban J connectivity index is 2.19. The van der Waals surface area contributed by atoms with Crippen LogP contribution in [0.3, 0.4) is 0 Å². The fourth-order valence-electron chi connectivity index (χ4n) is 2.35. The molecule has 0 bridgehead atoms. The van der Waals surface area contributed by atoms with Crippen LogP contribution in [-0.2, 0) is 13.1 Å². The highest BCUT2D eigenvalue weighted by atomic mass is 16.1. The van der Waals surface area contributed by atoms with Gasteiger partial charge < -0.3 is 0 Å². The molecule has 0 aliphatic carbocycles. The number of hydrogen-bond acceptors (Lipinski definition) is 1. The highest BCUT2D eigenvalue weighted by molar-refractivity contribution is 5.59. The van der Waals surface area contributed by atoms with Crippen molar-refractivity contribution in [2.75, 3.05) is 0 Å². The molecule has 0 fully saturated rings. The van der Waals surface area contributed by atoms with Crippen LogP contribution in [0.4, 0.5) is 0 Å². The van der Waals surface area contributed by atoms with Gasteiger partial charge in [-0.1, -0.05) is 30.3 Å². The normalized spacial score (nSPS) is 14.8. The molecule has 0 amide bonds. The summed E-state index contributed by atoms with van der Waals surface area (Å²) < 4.78 is 3.97. The van der Waals surface area contributed by atoms with Crippen LogP contribution in [0.1, 0.15) is 12.8 Å². The van der Waals surface area contributed by atoms with Crippen molar-refractivity contribution in [3.8, 4) is 11.3 Å². The molecule has 3 nitrogen and oxygen atoms in total. The molecule has 0 spiro atoms. The van der Waals surface area contributed by atoms with Gasteiger partial charge in [0.05, 0.1) is 5.69 Å². The van der Waals surface area contributed by atoms with Crippen LogP contribution in [0.5, 0.6) is 0 Å². The molecule has 0 saturated heterocycles. The number of aromatic nitrogens is 2. The number of fused-ring (bicyclic) bond motifs is 1. The quantitative estimate of drug-likeness (QED) is 0.714. The number of hydrogen-bond donors (Lipinski definition) is 0. The van der Waals surface area contributed by atoms with E-state index in [1.54, 1.807) is 6.07 Å². The van der Waals surface area contributed by atoms with E-state index < -0.39 is 0 Å². The highest BCUT2D eigenvalue weighted by Crippen LogP contribution is 2.20. The maximum atomic E-state index is 11.8. The summed E-state index contributed by atoms with van der Waals surface area (Å²) in [6.45, 7) is 1.80. The van der Waals surface area contributed by atoms with Gasteiger partial charge in [0.2, 0.25) is 0 Å². The van der Waals surface area contributed by atoms with Crippen molar-refractivity contribution in [1.82, 2.24) is 9.36 Å². The molecule has 2 heterocycles. The molecule has 3 rings (SSSR count). The fourth-order valence-corrected chi connectivity index (χ4v) is 2.35. The molecule has 2 aromatic rings. The van der Waals surface area contributed by atoms with Crippen LogP contribution in [0.15, 0.2) is 41.2 Å². The van der Waals surface area contributed by atoms with Crippen molar-refractivity contribution >= 4 is 0 Å². The average molecular weight is 214 g/mol. The van der Waals surface area contributed by atoms with Gasteiger partial charge in [-0.2, -0.15) is 0 Å². The van der Waals surface area contributed by atoms with Gasteiger partial charge in [0.25, 0.3) is 5.56 Å². The minimum Gasteiger partial charge on any atom is -0.282 e. The number of benzene rings is 1. The molecule has 16 heavy (non-hydrogen) atoms. The molecule has 1 aliphatic rings. The van der Waals surface area contributed by atoms with Crippen molar-refractivity contribution < 1.29 is 0 Å². The minimum atomic E-state index is 0.124. The topological polar surface area (TPSA) is 26.9 Å². The smallest absolute Gasteiger partial charge is 0.267 e. The SMILES string of the molecule is O=c1cc(-c2ccccc2)n2n1CCCC2. The summed E-state index contributed by atoms with van der Waals surface area (Å²) in [5.74, 6) is 0. The molecule has 0 unspecified atom stereocenters. The molecule has 1 aromatic heterocycles. The lowest BCUT2D eigenvalue weighted by molar-refractivity contribution is 0.359. The summed E-state index contributed by atoms with van der Waals surface area (Å²) >= 11 is 0. The van der Waals surface area contributed by atoms with Crippen LogP contribution in [0.25, 0.3) is 11.3 Å². The zero-order valence-corrected chi connectivity index (χ0v) is 9.10. The molecule has 0 radical (unpaired) electrons. The van der Waals surface area contributed by atoms with E-state index in [2.05, 4.69) is 16.8 Å². The predicted octanol–water partition coefficient (Wildman–Crippen LogP) is 2.11. The maximum absolute atomic E-state index is 11.8. The third-order valence-corrected chi connectivity index (χ3v) is 3.14. The highest BCUT2D eigenvalue weighted by Gasteiger charge is 2.15. The Bertz CT molecular complexity index is 551.